The number of amides is 1. The lowest BCUT2D eigenvalue weighted by Crippen LogP contribution is -2.14. The summed E-state index contributed by atoms with van der Waals surface area (Å²) < 4.78 is 23.0. The van der Waals surface area contributed by atoms with Gasteiger partial charge in [0.2, 0.25) is 0 Å². The molecule has 0 aliphatic carbocycles. The van der Waals surface area contributed by atoms with Gasteiger partial charge in [-0.25, -0.2) is 9.18 Å². The van der Waals surface area contributed by atoms with E-state index in [1.165, 1.54) is 31.4 Å². The molecule has 0 bridgehead atoms. The van der Waals surface area contributed by atoms with Gasteiger partial charge in [-0.15, -0.1) is 0 Å². The number of ether oxygens (including phenoxy) is 1. The molecule has 1 aromatic heterocycles. The molecule has 0 unspecified atom stereocenters. The zero-order valence-electron chi connectivity index (χ0n) is 15.0. The Hall–Kier alpha value is -3.48. The van der Waals surface area contributed by atoms with Gasteiger partial charge in [0, 0.05) is 11.3 Å². The lowest BCUT2D eigenvalue weighted by molar-refractivity contribution is 0.0600. The Morgan fingerprint density at radius 1 is 1.11 bits per heavy atom. The van der Waals surface area contributed by atoms with Gasteiger partial charge in [0.25, 0.3) is 5.91 Å². The Balaban J connectivity index is 1.90. The molecule has 0 spiro atoms. The molecule has 2 aromatic carbocycles. The number of rotatable bonds is 4. The highest BCUT2D eigenvalue weighted by molar-refractivity contribution is 6.09. The number of nitrogens with zero attached hydrogens (tertiary/aromatic N) is 1. The van der Waals surface area contributed by atoms with Crippen LogP contribution in [0.2, 0.25) is 0 Å². The second-order valence-corrected chi connectivity index (χ2v) is 5.94. The van der Waals surface area contributed by atoms with E-state index in [0.29, 0.717) is 33.8 Å². The summed E-state index contributed by atoms with van der Waals surface area (Å²) in [4.78, 5) is 24.4. The number of halogens is 1. The fourth-order valence-corrected chi connectivity index (χ4v) is 2.68. The lowest BCUT2D eigenvalue weighted by atomic mass is 10.0. The van der Waals surface area contributed by atoms with E-state index in [2.05, 4.69) is 15.2 Å². The van der Waals surface area contributed by atoms with Crippen LogP contribution >= 0.6 is 0 Å². The van der Waals surface area contributed by atoms with Crippen LogP contribution in [0.3, 0.4) is 0 Å². The van der Waals surface area contributed by atoms with Crippen LogP contribution in [0.25, 0.3) is 11.3 Å². The molecule has 27 heavy (non-hydrogen) atoms. The van der Waals surface area contributed by atoms with Gasteiger partial charge in [-0.1, -0.05) is 5.16 Å². The molecule has 1 amide bonds. The number of methoxy groups -OCH3 is 1. The smallest absolute Gasteiger partial charge is 0.337 e. The van der Waals surface area contributed by atoms with Crippen LogP contribution in [0.5, 0.6) is 0 Å². The molecule has 3 rings (SSSR count). The topological polar surface area (TPSA) is 81.4 Å². The van der Waals surface area contributed by atoms with E-state index in [4.69, 9.17) is 4.52 Å². The van der Waals surface area contributed by atoms with Gasteiger partial charge in [0.15, 0.2) is 0 Å². The normalized spacial score (nSPS) is 10.5. The number of benzene rings is 2. The van der Waals surface area contributed by atoms with Crippen molar-refractivity contribution in [2.24, 2.45) is 0 Å². The Bertz CT molecular complexity index is 1010. The van der Waals surface area contributed by atoms with E-state index >= 15 is 0 Å². The van der Waals surface area contributed by atoms with Gasteiger partial charge in [-0.3, -0.25) is 4.79 Å². The maximum Gasteiger partial charge on any atom is 0.337 e. The second kappa shape index (κ2) is 7.41. The van der Waals surface area contributed by atoms with E-state index in [1.54, 1.807) is 32.0 Å². The quantitative estimate of drug-likeness (QED) is 0.700. The fourth-order valence-electron chi connectivity index (χ4n) is 2.68. The van der Waals surface area contributed by atoms with Crippen molar-refractivity contribution in [3.63, 3.8) is 0 Å². The van der Waals surface area contributed by atoms with Gasteiger partial charge in [-0.2, -0.15) is 0 Å². The van der Waals surface area contributed by atoms with E-state index in [0.717, 1.165) is 0 Å². The Morgan fingerprint density at radius 3 is 2.44 bits per heavy atom. The number of hydrogen-bond donors (Lipinski definition) is 1. The highest BCUT2D eigenvalue weighted by atomic mass is 19.1. The molecule has 0 fully saturated rings. The third-order valence-electron chi connectivity index (χ3n) is 4.10. The molecular weight excluding hydrogens is 351 g/mol. The molecule has 0 radical (unpaired) electrons. The molecule has 0 aliphatic rings. The van der Waals surface area contributed by atoms with Gasteiger partial charge in [0.1, 0.15) is 22.8 Å². The van der Waals surface area contributed by atoms with E-state index in [9.17, 15) is 14.0 Å². The molecule has 0 saturated heterocycles. The zero-order chi connectivity index (χ0) is 19.6. The van der Waals surface area contributed by atoms with Crippen LogP contribution in [0.15, 0.2) is 47.0 Å². The van der Waals surface area contributed by atoms with Crippen molar-refractivity contribution in [3.05, 3.63) is 70.7 Å². The molecule has 1 N–H and O–H groups in total. The minimum absolute atomic E-state index is 0.262. The predicted octanol–water partition coefficient (Wildman–Crippen LogP) is 4.14. The molecule has 6 nitrogen and oxygen atoms in total. The summed E-state index contributed by atoms with van der Waals surface area (Å²) in [5.41, 5.74) is 2.78. The summed E-state index contributed by atoms with van der Waals surface area (Å²) in [6, 6.07) is 10.4. The van der Waals surface area contributed by atoms with Crippen LogP contribution in [-0.4, -0.2) is 24.1 Å². The first kappa shape index (κ1) is 18.3. The van der Waals surface area contributed by atoms with Crippen LogP contribution in [0.1, 0.15) is 32.0 Å². The molecule has 138 valence electrons. The predicted molar refractivity (Wildman–Crippen MR) is 97.1 cm³/mol. The van der Waals surface area contributed by atoms with Crippen LogP contribution in [0.4, 0.5) is 10.1 Å². The first-order valence-electron chi connectivity index (χ1n) is 8.13. The van der Waals surface area contributed by atoms with Gasteiger partial charge >= 0.3 is 5.97 Å². The minimum Gasteiger partial charge on any atom is -0.465 e. The summed E-state index contributed by atoms with van der Waals surface area (Å²) >= 11 is 0. The Kier molecular flexibility index (Phi) is 5.03. The first-order chi connectivity index (χ1) is 12.9. The number of aryl methyl sites for hydroxylation is 2. The average molecular weight is 368 g/mol. The molecule has 3 aromatic rings. The standard InChI is InChI=1S/C20H17FN2O4/c1-11-10-14(20(25)26-3)6-9-16(11)22-19(24)17-12(2)27-23-18(17)13-4-7-15(21)8-5-13/h4-10H,1-3H3,(H,22,24). The molecule has 0 atom stereocenters. The SMILES string of the molecule is COC(=O)c1ccc(NC(=O)c2c(-c3ccc(F)cc3)noc2C)c(C)c1. The Labute approximate surface area is 154 Å². The van der Waals surface area contributed by atoms with Crippen molar-refractivity contribution >= 4 is 17.6 Å². The van der Waals surface area contributed by atoms with Gasteiger partial charge in [0.05, 0.1) is 12.7 Å². The largest absolute Gasteiger partial charge is 0.465 e. The average Bonchev–Trinajstić information content (AvgIpc) is 3.04. The highest BCUT2D eigenvalue weighted by Crippen LogP contribution is 2.27. The third kappa shape index (κ3) is 3.72. The molecule has 0 saturated carbocycles. The van der Waals surface area contributed by atoms with E-state index in [1.807, 2.05) is 0 Å². The summed E-state index contributed by atoms with van der Waals surface area (Å²) in [6.07, 6.45) is 0. The molecule has 7 heteroatoms. The van der Waals surface area contributed by atoms with Crippen molar-refractivity contribution in [2.45, 2.75) is 13.8 Å². The highest BCUT2D eigenvalue weighted by Gasteiger charge is 2.22. The molecule has 0 aliphatic heterocycles. The minimum atomic E-state index is -0.454. The monoisotopic (exact) mass is 368 g/mol. The second-order valence-electron chi connectivity index (χ2n) is 5.94. The van der Waals surface area contributed by atoms with Crippen molar-refractivity contribution in [1.29, 1.82) is 0 Å². The maximum absolute atomic E-state index is 13.2. The lowest BCUT2D eigenvalue weighted by Gasteiger charge is -2.10. The van der Waals surface area contributed by atoms with Crippen LogP contribution in [0, 0.1) is 19.7 Å². The number of hydrogen-bond acceptors (Lipinski definition) is 5. The van der Waals surface area contributed by atoms with Crippen molar-refractivity contribution in [3.8, 4) is 11.3 Å². The van der Waals surface area contributed by atoms with E-state index < -0.39 is 11.9 Å². The molecular formula is C20H17FN2O4. The number of aromatic nitrogens is 1. The third-order valence-corrected chi connectivity index (χ3v) is 4.10. The van der Waals surface area contributed by atoms with Gasteiger partial charge in [-0.05, 0) is 61.9 Å². The summed E-state index contributed by atoms with van der Waals surface area (Å²) in [7, 11) is 1.30. The van der Waals surface area contributed by atoms with Crippen LogP contribution < -0.4 is 5.32 Å². The maximum atomic E-state index is 13.2. The number of nitrogens with one attached hydrogen (secondary N) is 1. The number of carbonyl (C=O) groups excluding carboxylic acids is 2. The summed E-state index contributed by atoms with van der Waals surface area (Å²) in [5, 5.41) is 6.72. The summed E-state index contributed by atoms with van der Waals surface area (Å²) in [5.74, 6) is -0.909. The zero-order valence-corrected chi connectivity index (χ0v) is 15.0. The molecule has 1 heterocycles. The van der Waals surface area contributed by atoms with Crippen LogP contribution in [-0.2, 0) is 4.74 Å². The van der Waals surface area contributed by atoms with Crippen molar-refractivity contribution < 1.29 is 23.2 Å². The first-order valence-corrected chi connectivity index (χ1v) is 8.13. The number of carbonyl (C=O) groups is 2. The fraction of sp³-hybridized carbons (Fsp3) is 0.150. The van der Waals surface area contributed by atoms with E-state index in [-0.39, 0.29) is 11.4 Å². The summed E-state index contributed by atoms with van der Waals surface area (Å²) in [6.45, 7) is 3.39. The number of esters is 1. The Morgan fingerprint density at radius 2 is 1.81 bits per heavy atom. The van der Waals surface area contributed by atoms with Crippen molar-refractivity contribution in [1.82, 2.24) is 5.16 Å². The van der Waals surface area contributed by atoms with Gasteiger partial charge < -0.3 is 14.6 Å². The van der Waals surface area contributed by atoms with Crippen molar-refractivity contribution in [2.75, 3.05) is 12.4 Å². The number of anilines is 1.